The predicted octanol–water partition coefficient (Wildman–Crippen LogP) is 3.20. The molecule has 2 rings (SSSR count). The lowest BCUT2D eigenvalue weighted by Gasteiger charge is -2.25. The molecule has 0 aliphatic carbocycles. The quantitative estimate of drug-likeness (QED) is 0.877. The van der Waals surface area contributed by atoms with Crippen molar-refractivity contribution in [1.29, 1.82) is 0 Å². The minimum atomic E-state index is -0.139. The zero-order valence-electron chi connectivity index (χ0n) is 12.9. The number of carbonyl (C=O) groups is 1. The Kier molecular flexibility index (Phi) is 6.07. The Bertz CT molecular complexity index is 470. The summed E-state index contributed by atoms with van der Waals surface area (Å²) in [5, 5.41) is 7.19. The third kappa shape index (κ3) is 4.72. The molecule has 0 saturated carbocycles. The summed E-state index contributed by atoms with van der Waals surface area (Å²) in [5.74, 6) is 0.765. The van der Waals surface area contributed by atoms with Gasteiger partial charge in [0.05, 0.1) is 5.92 Å². The maximum Gasteiger partial charge on any atom is 0.227 e. The van der Waals surface area contributed by atoms with Crippen molar-refractivity contribution >= 4 is 17.5 Å². The maximum atomic E-state index is 12.6. The molecule has 2 N–H and O–H groups in total. The molecule has 1 aromatic rings. The summed E-state index contributed by atoms with van der Waals surface area (Å²) in [5.41, 5.74) is 0.997. The molecule has 21 heavy (non-hydrogen) atoms. The highest BCUT2D eigenvalue weighted by Crippen LogP contribution is 2.27. The summed E-state index contributed by atoms with van der Waals surface area (Å²) in [6, 6.07) is 7.63. The molecular weight excluding hydrogens is 284 g/mol. The number of amides is 1. The van der Waals surface area contributed by atoms with Crippen LogP contribution < -0.4 is 10.6 Å². The van der Waals surface area contributed by atoms with Crippen molar-refractivity contribution < 1.29 is 4.79 Å². The van der Waals surface area contributed by atoms with Crippen molar-refractivity contribution in [2.45, 2.75) is 32.6 Å². The molecule has 0 spiro atoms. The van der Waals surface area contributed by atoms with E-state index < -0.39 is 0 Å². The smallest absolute Gasteiger partial charge is 0.227 e. The Morgan fingerprint density at radius 2 is 2.29 bits per heavy atom. The Morgan fingerprint density at radius 1 is 1.48 bits per heavy atom. The molecule has 2 unspecified atom stereocenters. The highest BCUT2D eigenvalue weighted by atomic mass is 35.5. The Hall–Kier alpha value is -1.06. The van der Waals surface area contributed by atoms with Gasteiger partial charge in [0.15, 0.2) is 0 Å². The van der Waals surface area contributed by atoms with Crippen LogP contribution in [0.5, 0.6) is 0 Å². The molecule has 2 atom stereocenters. The summed E-state index contributed by atoms with van der Waals surface area (Å²) in [4.78, 5) is 12.6. The number of carbonyl (C=O) groups excluding carboxylic acids is 1. The first kappa shape index (κ1) is 16.3. The van der Waals surface area contributed by atoms with E-state index in [0.717, 1.165) is 25.2 Å². The molecular formula is C17H25ClN2O. The first-order valence-corrected chi connectivity index (χ1v) is 8.19. The molecule has 1 aliphatic heterocycles. The fourth-order valence-corrected chi connectivity index (χ4v) is 3.19. The maximum absolute atomic E-state index is 12.6. The lowest BCUT2D eigenvalue weighted by atomic mass is 9.87. The van der Waals surface area contributed by atoms with Crippen molar-refractivity contribution in [3.63, 3.8) is 0 Å². The minimum absolute atomic E-state index is 0.109. The monoisotopic (exact) mass is 308 g/mol. The van der Waals surface area contributed by atoms with Crippen LogP contribution in [0.4, 0.5) is 0 Å². The summed E-state index contributed by atoms with van der Waals surface area (Å²) in [6.45, 7) is 7.02. The third-order valence-electron chi connectivity index (χ3n) is 4.12. The van der Waals surface area contributed by atoms with Crippen LogP contribution >= 0.6 is 11.6 Å². The molecule has 1 aromatic carbocycles. The van der Waals surface area contributed by atoms with E-state index in [0.29, 0.717) is 10.9 Å². The number of nitrogens with one attached hydrogen (secondary N) is 2. The van der Waals surface area contributed by atoms with Gasteiger partial charge in [0.25, 0.3) is 0 Å². The molecule has 4 heteroatoms. The van der Waals surface area contributed by atoms with Crippen LogP contribution in [0, 0.1) is 11.8 Å². The van der Waals surface area contributed by atoms with Gasteiger partial charge in [-0.25, -0.2) is 0 Å². The van der Waals surface area contributed by atoms with Gasteiger partial charge in [-0.05, 0) is 55.5 Å². The normalized spacial score (nSPS) is 20.3. The van der Waals surface area contributed by atoms with Crippen molar-refractivity contribution in [2.75, 3.05) is 19.6 Å². The van der Waals surface area contributed by atoms with E-state index in [9.17, 15) is 4.79 Å². The van der Waals surface area contributed by atoms with E-state index in [2.05, 4.69) is 24.5 Å². The Balaban J connectivity index is 1.99. The van der Waals surface area contributed by atoms with Crippen LogP contribution in [0.25, 0.3) is 0 Å². The van der Waals surface area contributed by atoms with E-state index in [1.165, 1.54) is 12.8 Å². The highest BCUT2D eigenvalue weighted by Gasteiger charge is 2.25. The molecule has 3 nitrogen and oxygen atoms in total. The van der Waals surface area contributed by atoms with E-state index in [-0.39, 0.29) is 17.7 Å². The average Bonchev–Trinajstić information content (AvgIpc) is 2.46. The molecule has 1 heterocycles. The number of rotatable bonds is 5. The SMILES string of the molecule is CC(C)C(C(=O)NCC1CCCNC1)c1cccc(Cl)c1. The molecule has 1 saturated heterocycles. The summed E-state index contributed by atoms with van der Waals surface area (Å²) < 4.78 is 0. The first-order valence-electron chi connectivity index (χ1n) is 7.82. The second-order valence-corrected chi connectivity index (χ2v) is 6.67. The van der Waals surface area contributed by atoms with Gasteiger partial charge in [0.2, 0.25) is 5.91 Å². The van der Waals surface area contributed by atoms with Crippen LogP contribution in [0.3, 0.4) is 0 Å². The van der Waals surface area contributed by atoms with Gasteiger partial charge in [0.1, 0.15) is 0 Å². The van der Waals surface area contributed by atoms with Crippen LogP contribution in [0.15, 0.2) is 24.3 Å². The molecule has 0 radical (unpaired) electrons. The molecule has 0 bridgehead atoms. The van der Waals surface area contributed by atoms with E-state index >= 15 is 0 Å². The molecule has 1 fully saturated rings. The number of halogens is 1. The summed E-state index contributed by atoms with van der Waals surface area (Å²) in [7, 11) is 0. The van der Waals surface area contributed by atoms with Gasteiger partial charge in [-0.1, -0.05) is 37.6 Å². The largest absolute Gasteiger partial charge is 0.355 e. The fraction of sp³-hybridized carbons (Fsp3) is 0.588. The molecule has 0 aromatic heterocycles. The summed E-state index contributed by atoms with van der Waals surface area (Å²) >= 11 is 6.06. The van der Waals surface area contributed by atoms with Crippen LogP contribution in [-0.4, -0.2) is 25.5 Å². The zero-order valence-corrected chi connectivity index (χ0v) is 13.6. The van der Waals surface area contributed by atoms with Gasteiger partial charge >= 0.3 is 0 Å². The number of hydrogen-bond donors (Lipinski definition) is 2. The van der Waals surface area contributed by atoms with Crippen molar-refractivity contribution in [3.8, 4) is 0 Å². The topological polar surface area (TPSA) is 41.1 Å². The van der Waals surface area contributed by atoms with Gasteiger partial charge < -0.3 is 10.6 Å². The van der Waals surface area contributed by atoms with Crippen molar-refractivity contribution in [2.24, 2.45) is 11.8 Å². The predicted molar refractivity (Wildman–Crippen MR) is 87.6 cm³/mol. The summed E-state index contributed by atoms with van der Waals surface area (Å²) in [6.07, 6.45) is 2.39. The van der Waals surface area contributed by atoms with Crippen LogP contribution in [0.2, 0.25) is 5.02 Å². The zero-order chi connectivity index (χ0) is 15.2. The molecule has 116 valence electrons. The van der Waals surface area contributed by atoms with Crippen LogP contribution in [-0.2, 0) is 4.79 Å². The van der Waals surface area contributed by atoms with E-state index in [1.807, 2.05) is 24.3 Å². The second kappa shape index (κ2) is 7.81. The lowest BCUT2D eigenvalue weighted by molar-refractivity contribution is -0.123. The van der Waals surface area contributed by atoms with Crippen molar-refractivity contribution in [3.05, 3.63) is 34.9 Å². The van der Waals surface area contributed by atoms with Gasteiger partial charge in [0, 0.05) is 11.6 Å². The van der Waals surface area contributed by atoms with E-state index in [1.54, 1.807) is 0 Å². The number of hydrogen-bond acceptors (Lipinski definition) is 2. The third-order valence-corrected chi connectivity index (χ3v) is 4.36. The van der Waals surface area contributed by atoms with Crippen molar-refractivity contribution in [1.82, 2.24) is 10.6 Å². The fourth-order valence-electron chi connectivity index (χ4n) is 2.99. The van der Waals surface area contributed by atoms with Gasteiger partial charge in [-0.3, -0.25) is 4.79 Å². The average molecular weight is 309 g/mol. The van der Waals surface area contributed by atoms with Gasteiger partial charge in [-0.15, -0.1) is 0 Å². The van der Waals surface area contributed by atoms with E-state index in [4.69, 9.17) is 11.6 Å². The second-order valence-electron chi connectivity index (χ2n) is 6.23. The highest BCUT2D eigenvalue weighted by molar-refractivity contribution is 6.30. The number of piperidine rings is 1. The molecule has 1 amide bonds. The van der Waals surface area contributed by atoms with Gasteiger partial charge in [-0.2, -0.15) is 0 Å². The number of benzene rings is 1. The Morgan fingerprint density at radius 3 is 2.90 bits per heavy atom. The standard InChI is InChI=1S/C17H25ClN2O/c1-12(2)16(14-6-3-7-15(18)9-14)17(21)20-11-13-5-4-8-19-10-13/h3,6-7,9,12-13,16,19H,4-5,8,10-11H2,1-2H3,(H,20,21). The Labute approximate surface area is 132 Å². The lowest BCUT2D eigenvalue weighted by Crippen LogP contribution is -2.40. The first-order chi connectivity index (χ1) is 10.1. The molecule has 1 aliphatic rings. The van der Waals surface area contributed by atoms with Crippen LogP contribution in [0.1, 0.15) is 38.2 Å². The minimum Gasteiger partial charge on any atom is -0.355 e.